The molecule has 0 bridgehead atoms. The van der Waals surface area contributed by atoms with Crippen molar-refractivity contribution in [1.29, 1.82) is 0 Å². The summed E-state index contributed by atoms with van der Waals surface area (Å²) in [5.41, 5.74) is 0.770. The Balaban J connectivity index is 1.65. The van der Waals surface area contributed by atoms with Crippen molar-refractivity contribution >= 4 is 28.7 Å². The number of anilines is 1. The number of hydrogen-bond donors (Lipinski definition) is 1. The summed E-state index contributed by atoms with van der Waals surface area (Å²) in [4.78, 5) is 39.9. The highest BCUT2D eigenvalue weighted by Gasteiger charge is 2.34. The van der Waals surface area contributed by atoms with Crippen LogP contribution in [-0.2, 0) is 9.47 Å². The maximum absolute atomic E-state index is 15.6. The molecule has 196 valence electrons. The summed E-state index contributed by atoms with van der Waals surface area (Å²) in [5.74, 6) is -0.970. The predicted octanol–water partition coefficient (Wildman–Crippen LogP) is 4.70. The second kappa shape index (κ2) is 9.75. The molecule has 4 rings (SSSR count). The van der Waals surface area contributed by atoms with Crippen LogP contribution in [0.4, 0.5) is 14.9 Å². The summed E-state index contributed by atoms with van der Waals surface area (Å²) in [6.07, 6.45) is 2.00. The highest BCUT2D eigenvalue weighted by Crippen LogP contribution is 2.40. The zero-order chi connectivity index (χ0) is 26.4. The molecule has 1 aliphatic heterocycles. The number of amides is 1. The summed E-state index contributed by atoms with van der Waals surface area (Å²) in [6.45, 7) is 12.2. The van der Waals surface area contributed by atoms with Gasteiger partial charge in [-0.25, -0.2) is 14.0 Å². The van der Waals surface area contributed by atoms with Gasteiger partial charge in [-0.1, -0.05) is 0 Å². The minimum absolute atomic E-state index is 0.00392. The van der Waals surface area contributed by atoms with E-state index in [2.05, 4.69) is 5.32 Å². The molecule has 0 spiro atoms. The minimum Gasteiger partial charge on any atom is -0.462 e. The van der Waals surface area contributed by atoms with Crippen molar-refractivity contribution in [2.45, 2.75) is 78.5 Å². The maximum atomic E-state index is 15.6. The van der Waals surface area contributed by atoms with Crippen molar-refractivity contribution in [2.24, 2.45) is 5.92 Å². The first kappa shape index (κ1) is 26.0. The molecule has 1 N–H and O–H groups in total. The van der Waals surface area contributed by atoms with Gasteiger partial charge < -0.3 is 24.3 Å². The number of fused-ring (bicyclic) bond motifs is 1. The molecule has 8 nitrogen and oxygen atoms in total. The molecule has 1 aromatic carbocycles. The molecule has 1 saturated carbocycles. The molecule has 2 atom stereocenters. The first-order valence-corrected chi connectivity index (χ1v) is 12.7. The first-order valence-electron chi connectivity index (χ1n) is 12.7. The van der Waals surface area contributed by atoms with Crippen LogP contribution in [0, 0.1) is 18.7 Å². The van der Waals surface area contributed by atoms with E-state index in [0.717, 1.165) is 19.3 Å². The van der Waals surface area contributed by atoms with E-state index in [1.54, 1.807) is 11.5 Å². The van der Waals surface area contributed by atoms with Crippen LogP contribution in [0.15, 0.2) is 16.9 Å². The van der Waals surface area contributed by atoms with Crippen molar-refractivity contribution in [3.8, 4) is 0 Å². The van der Waals surface area contributed by atoms with Gasteiger partial charge in [-0.2, -0.15) is 0 Å². The first-order chi connectivity index (χ1) is 16.9. The number of aryl methyl sites for hydroxylation is 1. The molecule has 1 aromatic heterocycles. The normalized spacial score (nSPS) is 18.9. The largest absolute Gasteiger partial charge is 0.462 e. The average molecular weight is 502 g/mol. The number of halogens is 1. The lowest BCUT2D eigenvalue weighted by Gasteiger charge is -2.27. The zero-order valence-corrected chi connectivity index (χ0v) is 21.9. The summed E-state index contributed by atoms with van der Waals surface area (Å²) in [6, 6.07) is 2.71. The lowest BCUT2D eigenvalue weighted by atomic mass is 10.0. The lowest BCUT2D eigenvalue weighted by Crippen LogP contribution is -2.42. The summed E-state index contributed by atoms with van der Waals surface area (Å²) in [5, 5.41) is 3.42. The Hall–Kier alpha value is -3.10. The third-order valence-electron chi connectivity index (χ3n) is 6.88. The van der Waals surface area contributed by atoms with E-state index in [1.807, 2.05) is 39.5 Å². The standard InChI is InChI=1S/C27H36FN3O5/c1-7-35-25(33)20-12-18-13-21(28)23(15(2)22(18)31(24(20)32)19-8-9-19)30-11-10-17(14-30)16(3)29-26(34)36-27(4,5)6/h12-13,16-17,19H,7-11,14H2,1-6H3,(H,29,34)/t16-,17?/m0/s1. The van der Waals surface area contributed by atoms with Crippen LogP contribution in [0.1, 0.15) is 75.8 Å². The monoisotopic (exact) mass is 501 g/mol. The van der Waals surface area contributed by atoms with Crippen LogP contribution in [-0.4, -0.2) is 48.0 Å². The number of ether oxygens (including phenoxy) is 2. The number of nitrogens with one attached hydrogen (secondary N) is 1. The van der Waals surface area contributed by atoms with Crippen molar-refractivity contribution in [1.82, 2.24) is 9.88 Å². The number of pyridine rings is 1. The van der Waals surface area contributed by atoms with Gasteiger partial charge in [-0.15, -0.1) is 0 Å². The number of rotatable bonds is 6. The number of benzene rings is 1. The Morgan fingerprint density at radius 2 is 1.92 bits per heavy atom. The second-order valence-corrected chi connectivity index (χ2v) is 10.9. The van der Waals surface area contributed by atoms with Gasteiger partial charge in [0.25, 0.3) is 5.56 Å². The summed E-state index contributed by atoms with van der Waals surface area (Å²) in [7, 11) is 0. The van der Waals surface area contributed by atoms with Gasteiger partial charge in [0.1, 0.15) is 17.0 Å². The minimum atomic E-state index is -0.685. The van der Waals surface area contributed by atoms with Crippen LogP contribution < -0.4 is 15.8 Å². The van der Waals surface area contributed by atoms with Crippen LogP contribution in [0.3, 0.4) is 0 Å². The SMILES string of the molecule is CCOC(=O)c1cc2cc(F)c(N3CCC([C@H](C)NC(=O)OC(C)(C)C)C3)c(C)c2n(C2CC2)c1=O. The predicted molar refractivity (Wildman–Crippen MR) is 136 cm³/mol. The molecule has 1 unspecified atom stereocenters. The van der Waals surface area contributed by atoms with Gasteiger partial charge in [-0.3, -0.25) is 4.79 Å². The number of hydrogen-bond acceptors (Lipinski definition) is 6. The second-order valence-electron chi connectivity index (χ2n) is 10.9. The Kier molecular flexibility index (Phi) is 7.03. The van der Waals surface area contributed by atoms with E-state index >= 15 is 4.39 Å². The number of alkyl carbamates (subject to hydrolysis) is 1. The molecule has 2 fully saturated rings. The van der Waals surface area contributed by atoms with E-state index in [1.165, 1.54) is 12.1 Å². The van der Waals surface area contributed by atoms with Crippen molar-refractivity contribution in [3.63, 3.8) is 0 Å². The Bertz CT molecular complexity index is 1240. The van der Waals surface area contributed by atoms with Gasteiger partial charge in [0, 0.05) is 30.6 Å². The van der Waals surface area contributed by atoms with Crippen LogP contribution in [0.25, 0.3) is 10.9 Å². The molecule has 2 heterocycles. The topological polar surface area (TPSA) is 89.9 Å². The Morgan fingerprint density at radius 1 is 1.22 bits per heavy atom. The van der Waals surface area contributed by atoms with E-state index < -0.39 is 29.0 Å². The van der Waals surface area contributed by atoms with Gasteiger partial charge in [0.15, 0.2) is 0 Å². The molecular weight excluding hydrogens is 465 g/mol. The van der Waals surface area contributed by atoms with E-state index in [9.17, 15) is 14.4 Å². The van der Waals surface area contributed by atoms with Crippen molar-refractivity contribution < 1.29 is 23.5 Å². The molecule has 0 radical (unpaired) electrons. The number of carbonyl (C=O) groups excluding carboxylic acids is 2. The fraction of sp³-hybridized carbons (Fsp3) is 0.593. The van der Waals surface area contributed by atoms with Gasteiger partial charge in [0.05, 0.1) is 17.8 Å². The average Bonchev–Trinajstić information content (AvgIpc) is 3.48. The molecule has 36 heavy (non-hydrogen) atoms. The van der Waals surface area contributed by atoms with Gasteiger partial charge in [-0.05, 0) is 84.4 Å². The van der Waals surface area contributed by atoms with Crippen molar-refractivity contribution in [3.05, 3.63) is 39.4 Å². The van der Waals surface area contributed by atoms with Gasteiger partial charge >= 0.3 is 12.1 Å². The quantitative estimate of drug-likeness (QED) is 0.577. The highest BCUT2D eigenvalue weighted by molar-refractivity contribution is 5.96. The zero-order valence-electron chi connectivity index (χ0n) is 21.9. The smallest absolute Gasteiger partial charge is 0.407 e. The van der Waals surface area contributed by atoms with E-state index in [-0.39, 0.29) is 30.2 Å². The summed E-state index contributed by atoms with van der Waals surface area (Å²) < 4.78 is 27.6. The number of carbonyl (C=O) groups is 2. The maximum Gasteiger partial charge on any atom is 0.407 e. The number of nitrogens with zero attached hydrogens (tertiary/aromatic N) is 2. The molecule has 1 saturated heterocycles. The fourth-order valence-electron chi connectivity index (χ4n) is 5.09. The molecule has 9 heteroatoms. The van der Waals surface area contributed by atoms with E-state index in [4.69, 9.17) is 9.47 Å². The van der Waals surface area contributed by atoms with Crippen molar-refractivity contribution in [2.75, 3.05) is 24.6 Å². The third kappa shape index (κ3) is 5.20. The van der Waals surface area contributed by atoms with E-state index in [0.29, 0.717) is 35.2 Å². The Morgan fingerprint density at radius 3 is 2.53 bits per heavy atom. The lowest BCUT2D eigenvalue weighted by molar-refractivity contribution is 0.0491. The van der Waals surface area contributed by atoms with Crippen LogP contribution in [0.5, 0.6) is 0 Å². The number of esters is 1. The van der Waals surface area contributed by atoms with Crippen LogP contribution in [0.2, 0.25) is 0 Å². The van der Waals surface area contributed by atoms with Gasteiger partial charge in [0.2, 0.25) is 0 Å². The molecule has 1 amide bonds. The molecule has 2 aliphatic rings. The summed E-state index contributed by atoms with van der Waals surface area (Å²) >= 11 is 0. The highest BCUT2D eigenvalue weighted by atomic mass is 19.1. The van der Waals surface area contributed by atoms with Crippen LogP contribution >= 0.6 is 0 Å². The third-order valence-corrected chi connectivity index (χ3v) is 6.88. The Labute approximate surface area is 210 Å². The molecule has 1 aliphatic carbocycles. The number of aromatic nitrogens is 1. The molecular formula is C27H36FN3O5. The fourth-order valence-corrected chi connectivity index (χ4v) is 5.09. The molecule has 2 aromatic rings.